The molecule has 2 N–H and O–H groups in total. The minimum atomic E-state index is -4.61. The first-order valence-corrected chi connectivity index (χ1v) is 32.6. The van der Waals surface area contributed by atoms with Crippen LogP contribution in [0.3, 0.4) is 0 Å². The van der Waals surface area contributed by atoms with Crippen molar-refractivity contribution in [1.29, 1.82) is 0 Å². The lowest BCUT2D eigenvalue weighted by atomic mass is 10.0. The maximum Gasteiger partial charge on any atom is 0.268 e. The maximum absolute atomic E-state index is 13.0. The molecule has 0 aliphatic carbocycles. The highest BCUT2D eigenvalue weighted by atomic mass is 31.2. The molecule has 0 rings (SSSR count). The van der Waals surface area contributed by atoms with Crippen LogP contribution in [0.15, 0.2) is 60.8 Å². The summed E-state index contributed by atoms with van der Waals surface area (Å²) >= 11 is 0. The van der Waals surface area contributed by atoms with E-state index in [1.807, 2.05) is 27.2 Å². The van der Waals surface area contributed by atoms with E-state index in [2.05, 4.69) is 67.8 Å². The van der Waals surface area contributed by atoms with Crippen LogP contribution in [0.25, 0.3) is 0 Å². The van der Waals surface area contributed by atoms with E-state index in [0.29, 0.717) is 17.4 Å². The van der Waals surface area contributed by atoms with Crippen molar-refractivity contribution in [3.63, 3.8) is 0 Å². The van der Waals surface area contributed by atoms with Gasteiger partial charge in [0.25, 0.3) is 7.82 Å². The third kappa shape index (κ3) is 57.7. The zero-order valence-electron chi connectivity index (χ0n) is 48.8. The number of aliphatic hydroxyl groups excluding tert-OH is 1. The first-order valence-electron chi connectivity index (χ1n) is 31.2. The number of rotatable bonds is 57. The van der Waals surface area contributed by atoms with Crippen molar-refractivity contribution < 1.29 is 32.9 Å². The number of carbonyl (C=O) groups is 1. The molecule has 0 aromatic carbocycles. The number of likely N-dealkylation sites (N-methyl/N-ethyl adjacent to an activating group) is 1. The van der Waals surface area contributed by atoms with Crippen molar-refractivity contribution in [3.8, 4) is 0 Å². The number of unbranched alkanes of at least 4 members (excludes halogenated alkanes) is 36. The minimum Gasteiger partial charge on any atom is -0.756 e. The van der Waals surface area contributed by atoms with Crippen LogP contribution in [-0.2, 0) is 18.4 Å². The second-order valence-electron chi connectivity index (χ2n) is 22.4. The van der Waals surface area contributed by atoms with Gasteiger partial charge in [-0.05, 0) is 77.0 Å². The molecule has 0 aliphatic heterocycles. The summed E-state index contributed by atoms with van der Waals surface area (Å²) in [5, 5.41) is 13.9. The number of phosphoric acid groups is 1. The first kappa shape index (κ1) is 71.2. The molecule has 0 aromatic rings. The zero-order chi connectivity index (χ0) is 53.5. The molecule has 3 unspecified atom stereocenters. The summed E-state index contributed by atoms with van der Waals surface area (Å²) in [7, 11) is 1.24. The fraction of sp³-hybridized carbons (Fsp3) is 0.828. The molecule has 0 saturated heterocycles. The predicted molar refractivity (Wildman–Crippen MR) is 316 cm³/mol. The third-order valence-corrected chi connectivity index (χ3v) is 14.9. The van der Waals surface area contributed by atoms with E-state index < -0.39 is 26.6 Å². The van der Waals surface area contributed by atoms with Gasteiger partial charge in [0, 0.05) is 6.42 Å². The lowest BCUT2D eigenvalue weighted by molar-refractivity contribution is -0.870. The van der Waals surface area contributed by atoms with Gasteiger partial charge in [0.05, 0.1) is 39.9 Å². The van der Waals surface area contributed by atoms with E-state index in [1.165, 1.54) is 218 Å². The molecule has 0 heterocycles. The van der Waals surface area contributed by atoms with E-state index >= 15 is 0 Å². The van der Waals surface area contributed by atoms with Gasteiger partial charge in [-0.1, -0.05) is 267 Å². The van der Waals surface area contributed by atoms with Crippen LogP contribution in [-0.4, -0.2) is 68.5 Å². The number of allylic oxidation sites excluding steroid dienone is 9. The summed E-state index contributed by atoms with van der Waals surface area (Å²) in [6.07, 6.45) is 74.7. The Morgan fingerprint density at radius 3 is 1.19 bits per heavy atom. The highest BCUT2D eigenvalue weighted by Gasteiger charge is 2.23. The Morgan fingerprint density at radius 2 is 0.808 bits per heavy atom. The molecule has 0 spiro atoms. The normalized spacial score (nSPS) is 14.2. The quantitative estimate of drug-likeness (QED) is 0.0272. The smallest absolute Gasteiger partial charge is 0.268 e. The van der Waals surface area contributed by atoms with Gasteiger partial charge in [-0.2, -0.15) is 0 Å². The van der Waals surface area contributed by atoms with Crippen molar-refractivity contribution in [1.82, 2.24) is 5.32 Å². The number of aliphatic hydroxyl groups is 1. The Kier molecular flexibility index (Phi) is 53.6. The molecule has 8 nitrogen and oxygen atoms in total. The molecule has 0 aromatic heterocycles. The monoisotopic (exact) mass is 1040 g/mol. The van der Waals surface area contributed by atoms with Crippen LogP contribution in [0.5, 0.6) is 0 Å². The Morgan fingerprint density at radius 1 is 0.479 bits per heavy atom. The summed E-state index contributed by atoms with van der Waals surface area (Å²) in [4.78, 5) is 25.5. The van der Waals surface area contributed by atoms with Crippen LogP contribution in [0.1, 0.15) is 290 Å². The number of hydrogen-bond acceptors (Lipinski definition) is 6. The average Bonchev–Trinajstić information content (AvgIpc) is 3.35. The van der Waals surface area contributed by atoms with E-state index in [4.69, 9.17) is 9.05 Å². The Bertz CT molecular complexity index is 1370. The standard InChI is InChI=1S/C64H121N2O6P/c1-6-8-10-12-14-16-18-20-22-24-26-27-28-29-30-31-32-33-34-35-36-37-38-39-40-42-44-46-48-50-52-54-56-58-64(68)65-62(61-72-73(69,70)71-60-59-66(3,4)5)63(67)57-55-53-51-49-47-45-43-41-25-23-21-19-17-15-13-11-9-7-2/h18,20,24-26,41,47,49,55,57,62-63,67H,6-17,19,21-23,27-40,42-46,48,50-54,56,58-61H2,1-5H3,(H-,65,68,69,70)/b20-18-,26-24-,41-25+,49-47+,57-55+. The molecule has 73 heavy (non-hydrogen) atoms. The van der Waals surface area contributed by atoms with Crippen molar-refractivity contribution >= 4 is 13.7 Å². The fourth-order valence-corrected chi connectivity index (χ4v) is 9.76. The molecule has 0 bridgehead atoms. The van der Waals surface area contributed by atoms with Crippen LogP contribution >= 0.6 is 7.82 Å². The second kappa shape index (κ2) is 55.0. The van der Waals surface area contributed by atoms with Gasteiger partial charge in [-0.3, -0.25) is 9.36 Å². The van der Waals surface area contributed by atoms with Crippen LogP contribution in [0.2, 0.25) is 0 Å². The van der Waals surface area contributed by atoms with Gasteiger partial charge in [0.1, 0.15) is 13.2 Å². The largest absolute Gasteiger partial charge is 0.756 e. The van der Waals surface area contributed by atoms with Crippen LogP contribution in [0.4, 0.5) is 0 Å². The summed E-state index contributed by atoms with van der Waals surface area (Å²) in [5.41, 5.74) is 0. The number of nitrogens with zero attached hydrogens (tertiary/aromatic N) is 1. The van der Waals surface area contributed by atoms with Crippen molar-refractivity contribution in [2.45, 2.75) is 302 Å². The van der Waals surface area contributed by atoms with E-state index in [1.54, 1.807) is 6.08 Å². The lowest BCUT2D eigenvalue weighted by Gasteiger charge is -2.29. The number of hydrogen-bond donors (Lipinski definition) is 2. The first-order chi connectivity index (χ1) is 35.5. The van der Waals surface area contributed by atoms with E-state index in [0.717, 1.165) is 51.4 Å². The zero-order valence-corrected chi connectivity index (χ0v) is 49.7. The predicted octanol–water partition coefficient (Wildman–Crippen LogP) is 18.6. The SMILES string of the molecule is CCCCCCC/C=C\C/C=C\CCCCCCCCCCCCCCCCCCCCCCCC(=O)NC(COP(=O)([O-])OCC[N+](C)(C)C)C(O)/C=C/CC/C=C/CC/C=C/CCCCCCCCCC. The van der Waals surface area contributed by atoms with E-state index in [-0.39, 0.29) is 12.5 Å². The van der Waals surface area contributed by atoms with Gasteiger partial charge in [0.2, 0.25) is 5.91 Å². The summed E-state index contributed by atoms with van der Waals surface area (Å²) in [6, 6.07) is -0.910. The Hall–Kier alpha value is -1.80. The molecule has 0 radical (unpaired) electrons. The second-order valence-corrected chi connectivity index (χ2v) is 23.8. The van der Waals surface area contributed by atoms with Gasteiger partial charge in [0.15, 0.2) is 0 Å². The Balaban J connectivity index is 4.09. The molecule has 0 saturated carbocycles. The molecule has 0 aliphatic rings. The molecule has 428 valence electrons. The average molecular weight is 1050 g/mol. The number of phosphoric ester groups is 1. The molecule has 3 atom stereocenters. The highest BCUT2D eigenvalue weighted by molar-refractivity contribution is 7.45. The van der Waals surface area contributed by atoms with Gasteiger partial charge >= 0.3 is 0 Å². The molecular formula is C64H121N2O6P. The van der Waals surface area contributed by atoms with Gasteiger partial charge in [-0.25, -0.2) is 0 Å². The topological polar surface area (TPSA) is 108 Å². The lowest BCUT2D eigenvalue weighted by Crippen LogP contribution is -2.45. The molecule has 0 fully saturated rings. The fourth-order valence-electron chi connectivity index (χ4n) is 9.04. The van der Waals surface area contributed by atoms with Crippen molar-refractivity contribution in [3.05, 3.63) is 60.8 Å². The van der Waals surface area contributed by atoms with Gasteiger partial charge in [-0.15, -0.1) is 0 Å². The van der Waals surface area contributed by atoms with Crippen LogP contribution < -0.4 is 10.2 Å². The highest BCUT2D eigenvalue weighted by Crippen LogP contribution is 2.38. The summed E-state index contributed by atoms with van der Waals surface area (Å²) in [5.74, 6) is -0.208. The summed E-state index contributed by atoms with van der Waals surface area (Å²) < 4.78 is 23.3. The number of nitrogens with one attached hydrogen (secondary N) is 1. The summed E-state index contributed by atoms with van der Waals surface area (Å²) in [6.45, 7) is 4.63. The molecular weight excluding hydrogens is 924 g/mol. The Labute approximate surface area is 453 Å². The maximum atomic E-state index is 13.0. The van der Waals surface area contributed by atoms with Crippen LogP contribution in [0, 0.1) is 0 Å². The molecule has 9 heteroatoms. The van der Waals surface area contributed by atoms with E-state index in [9.17, 15) is 19.4 Å². The third-order valence-electron chi connectivity index (χ3n) is 13.9. The number of carbonyl (C=O) groups excluding carboxylic acids is 1. The number of amides is 1. The number of quaternary nitrogens is 1. The van der Waals surface area contributed by atoms with Crippen molar-refractivity contribution in [2.75, 3.05) is 40.9 Å². The van der Waals surface area contributed by atoms with Crippen molar-refractivity contribution in [2.24, 2.45) is 0 Å². The molecule has 1 amide bonds. The van der Waals surface area contributed by atoms with Gasteiger partial charge < -0.3 is 28.8 Å². The minimum absolute atomic E-state index is 0.00908.